The Morgan fingerprint density at radius 3 is 2.40 bits per heavy atom. The van der Waals surface area contributed by atoms with Crippen molar-refractivity contribution in [3.8, 4) is 0 Å². The first kappa shape index (κ1) is 15.9. The summed E-state index contributed by atoms with van der Waals surface area (Å²) in [4.78, 5) is 11.0. The van der Waals surface area contributed by atoms with E-state index in [-0.39, 0.29) is 14.9 Å². The van der Waals surface area contributed by atoms with Crippen LogP contribution in [0.4, 0.5) is 10.5 Å². The molecule has 0 unspecified atom stereocenters. The average molecular weight is 211 g/mol. The zero-order valence-corrected chi connectivity index (χ0v) is 7.62. The third-order valence-corrected chi connectivity index (χ3v) is 1.46. The average Bonchev–Trinajstić information content (AvgIpc) is 2.16. The minimum atomic E-state index is -0.395. The van der Waals surface area contributed by atoms with E-state index in [0.29, 0.717) is 6.61 Å². The van der Waals surface area contributed by atoms with Crippen molar-refractivity contribution >= 4 is 11.8 Å². The molecule has 0 aliphatic heterocycles. The quantitative estimate of drug-likeness (QED) is 0.823. The Bertz CT molecular complexity index is 260. The molecule has 1 aromatic carbocycles. The summed E-state index contributed by atoms with van der Waals surface area (Å²) in [6.07, 6.45) is 0.440. The van der Waals surface area contributed by atoms with Crippen LogP contribution in [-0.4, -0.2) is 12.7 Å². The Balaban J connectivity index is 0. The van der Waals surface area contributed by atoms with Crippen LogP contribution in [0.5, 0.6) is 0 Å². The monoisotopic (exact) mass is 211 g/mol. The van der Waals surface area contributed by atoms with Crippen LogP contribution in [0.25, 0.3) is 0 Å². The summed E-state index contributed by atoms with van der Waals surface area (Å²) in [6, 6.07) is 9.23. The van der Waals surface area contributed by atoms with Crippen LogP contribution >= 0.6 is 0 Å². The van der Waals surface area contributed by atoms with Crippen molar-refractivity contribution in [2.24, 2.45) is 0 Å². The van der Waals surface area contributed by atoms with Crippen molar-refractivity contribution < 1.29 is 9.53 Å². The Kier molecular flexibility index (Phi) is 9.63. The van der Waals surface area contributed by atoms with Gasteiger partial charge in [0.1, 0.15) is 0 Å². The number of benzene rings is 1. The van der Waals surface area contributed by atoms with Crippen molar-refractivity contribution in [3.05, 3.63) is 30.3 Å². The van der Waals surface area contributed by atoms with E-state index in [2.05, 4.69) is 5.32 Å². The minimum absolute atomic E-state index is 0. The maximum Gasteiger partial charge on any atom is 0.411 e. The molecule has 1 N–H and O–H groups in total. The number of nitrogens with one attached hydrogen (secondary N) is 1. The smallest absolute Gasteiger partial charge is 0.411 e. The van der Waals surface area contributed by atoms with E-state index in [1.807, 2.05) is 37.3 Å². The Morgan fingerprint density at radius 1 is 1.27 bits per heavy atom. The van der Waals surface area contributed by atoms with Gasteiger partial charge in [0.15, 0.2) is 0 Å². The highest BCUT2D eigenvalue weighted by molar-refractivity contribution is 5.84. The highest BCUT2D eigenvalue weighted by Gasteiger charge is 1.99. The summed E-state index contributed by atoms with van der Waals surface area (Å²) < 4.78 is 4.85. The number of carbonyl (C=O) groups is 1. The molecular formula is C12H21NO2. The number of amides is 1. The van der Waals surface area contributed by atoms with E-state index < -0.39 is 6.09 Å². The number of hydrogen-bond acceptors (Lipinski definition) is 2. The molecule has 1 aromatic rings. The van der Waals surface area contributed by atoms with Crippen molar-refractivity contribution in [2.75, 3.05) is 11.9 Å². The van der Waals surface area contributed by atoms with Gasteiger partial charge in [-0.05, 0) is 18.6 Å². The topological polar surface area (TPSA) is 38.3 Å². The lowest BCUT2D eigenvalue weighted by molar-refractivity contribution is 0.161. The standard InChI is InChI=1S/C10H13NO2.2CH4/c1-2-8-13-10(12)11-9-6-4-3-5-7-9;;/h3-7H,2,8H2,1H3,(H,11,12);2*1H4. The predicted molar refractivity (Wildman–Crippen MR) is 65.2 cm³/mol. The molecule has 0 radical (unpaired) electrons. The zero-order valence-electron chi connectivity index (χ0n) is 7.62. The van der Waals surface area contributed by atoms with Gasteiger partial charge in [0, 0.05) is 5.69 Å². The van der Waals surface area contributed by atoms with E-state index in [0.717, 1.165) is 12.1 Å². The number of ether oxygens (including phenoxy) is 1. The Labute approximate surface area is 92.5 Å². The maximum absolute atomic E-state index is 11.0. The fourth-order valence-electron chi connectivity index (χ4n) is 0.870. The second kappa shape index (κ2) is 9.06. The summed E-state index contributed by atoms with van der Waals surface area (Å²) in [6.45, 7) is 2.41. The molecule has 0 spiro atoms. The van der Waals surface area contributed by atoms with Crippen LogP contribution in [0.1, 0.15) is 28.2 Å². The summed E-state index contributed by atoms with van der Waals surface area (Å²) in [5.74, 6) is 0. The van der Waals surface area contributed by atoms with Gasteiger partial charge >= 0.3 is 6.09 Å². The van der Waals surface area contributed by atoms with Crippen molar-refractivity contribution in [1.29, 1.82) is 0 Å². The molecule has 1 rings (SSSR count). The number of anilines is 1. The minimum Gasteiger partial charge on any atom is -0.449 e. The lowest BCUT2D eigenvalue weighted by Crippen LogP contribution is -2.13. The molecule has 0 bridgehead atoms. The van der Waals surface area contributed by atoms with E-state index >= 15 is 0 Å². The SMILES string of the molecule is C.C.CCCOC(=O)Nc1ccccc1. The van der Waals surface area contributed by atoms with Crippen molar-refractivity contribution in [1.82, 2.24) is 0 Å². The molecule has 0 aliphatic carbocycles. The highest BCUT2D eigenvalue weighted by atomic mass is 16.5. The van der Waals surface area contributed by atoms with Crippen LogP contribution in [-0.2, 0) is 4.74 Å². The first-order valence-electron chi connectivity index (χ1n) is 4.31. The third-order valence-electron chi connectivity index (χ3n) is 1.46. The van der Waals surface area contributed by atoms with Gasteiger partial charge in [-0.2, -0.15) is 0 Å². The van der Waals surface area contributed by atoms with Gasteiger partial charge in [-0.1, -0.05) is 40.0 Å². The van der Waals surface area contributed by atoms with Crippen LogP contribution in [0.2, 0.25) is 0 Å². The largest absolute Gasteiger partial charge is 0.449 e. The van der Waals surface area contributed by atoms with Gasteiger partial charge in [0.25, 0.3) is 0 Å². The molecular weight excluding hydrogens is 190 g/mol. The lowest BCUT2D eigenvalue weighted by atomic mass is 10.3. The third kappa shape index (κ3) is 6.55. The maximum atomic E-state index is 11.0. The zero-order chi connectivity index (χ0) is 9.52. The molecule has 0 aromatic heterocycles. The van der Waals surface area contributed by atoms with Gasteiger partial charge in [0.2, 0.25) is 0 Å². The second-order valence-corrected chi connectivity index (χ2v) is 2.63. The molecule has 0 saturated heterocycles. The number of carbonyl (C=O) groups excluding carboxylic acids is 1. The first-order chi connectivity index (χ1) is 6.33. The van der Waals surface area contributed by atoms with Crippen LogP contribution < -0.4 is 5.32 Å². The predicted octanol–water partition coefficient (Wildman–Crippen LogP) is 3.92. The summed E-state index contributed by atoms with van der Waals surface area (Å²) in [7, 11) is 0. The Hall–Kier alpha value is -1.51. The Morgan fingerprint density at radius 2 is 1.87 bits per heavy atom. The summed E-state index contributed by atoms with van der Waals surface area (Å²) in [5.41, 5.74) is 0.753. The second-order valence-electron chi connectivity index (χ2n) is 2.63. The molecule has 1 amide bonds. The fraction of sp³-hybridized carbons (Fsp3) is 0.417. The molecule has 0 atom stereocenters. The summed E-state index contributed by atoms with van der Waals surface area (Å²) in [5, 5.41) is 2.62. The van der Waals surface area contributed by atoms with Crippen molar-refractivity contribution in [2.45, 2.75) is 28.2 Å². The van der Waals surface area contributed by atoms with Gasteiger partial charge in [-0.25, -0.2) is 4.79 Å². The molecule has 15 heavy (non-hydrogen) atoms. The normalized spacial score (nSPS) is 8.07. The van der Waals surface area contributed by atoms with Crippen LogP contribution in [0.15, 0.2) is 30.3 Å². The number of hydrogen-bond donors (Lipinski definition) is 1. The molecule has 0 fully saturated rings. The van der Waals surface area contributed by atoms with E-state index in [9.17, 15) is 4.79 Å². The molecule has 0 aliphatic rings. The van der Waals surface area contributed by atoms with Gasteiger partial charge in [0.05, 0.1) is 6.61 Å². The van der Waals surface area contributed by atoms with Crippen LogP contribution in [0, 0.1) is 0 Å². The van der Waals surface area contributed by atoms with Gasteiger partial charge in [-0.3, -0.25) is 5.32 Å². The van der Waals surface area contributed by atoms with E-state index in [1.165, 1.54) is 0 Å². The summed E-state index contributed by atoms with van der Waals surface area (Å²) >= 11 is 0. The molecule has 86 valence electrons. The first-order valence-corrected chi connectivity index (χ1v) is 4.31. The van der Waals surface area contributed by atoms with E-state index in [4.69, 9.17) is 4.74 Å². The molecule has 0 heterocycles. The van der Waals surface area contributed by atoms with Gasteiger partial charge in [-0.15, -0.1) is 0 Å². The molecule has 0 saturated carbocycles. The highest BCUT2D eigenvalue weighted by Crippen LogP contribution is 2.04. The lowest BCUT2D eigenvalue weighted by Gasteiger charge is -2.04. The molecule has 3 heteroatoms. The fourth-order valence-corrected chi connectivity index (χ4v) is 0.870. The van der Waals surface area contributed by atoms with Crippen LogP contribution in [0.3, 0.4) is 0 Å². The van der Waals surface area contributed by atoms with Gasteiger partial charge < -0.3 is 4.74 Å². The van der Waals surface area contributed by atoms with Crippen molar-refractivity contribution in [3.63, 3.8) is 0 Å². The number of rotatable bonds is 3. The number of para-hydroxylation sites is 1. The van der Waals surface area contributed by atoms with E-state index in [1.54, 1.807) is 0 Å². The molecule has 3 nitrogen and oxygen atoms in total.